The molecule has 3 rings (SSSR count). The maximum Gasteiger partial charge on any atom is 0.276 e. The van der Waals surface area contributed by atoms with Crippen molar-refractivity contribution in [2.75, 3.05) is 5.32 Å². The molecule has 0 fully saturated rings. The number of amides is 1. The van der Waals surface area contributed by atoms with E-state index in [0.717, 1.165) is 11.1 Å². The lowest BCUT2D eigenvalue weighted by atomic mass is 10.2. The van der Waals surface area contributed by atoms with E-state index in [0.29, 0.717) is 27.7 Å². The quantitative estimate of drug-likeness (QED) is 0.553. The number of nitrogens with one attached hydrogen (secondary N) is 1. The van der Waals surface area contributed by atoms with Crippen molar-refractivity contribution < 1.29 is 9.21 Å². The van der Waals surface area contributed by atoms with Crippen molar-refractivity contribution in [2.24, 2.45) is 0 Å². The predicted molar refractivity (Wildman–Crippen MR) is 98.1 cm³/mol. The van der Waals surface area contributed by atoms with E-state index >= 15 is 0 Å². The molecule has 0 radical (unpaired) electrons. The number of nitrogens with zero attached hydrogens (tertiary/aromatic N) is 1. The lowest BCUT2D eigenvalue weighted by molar-refractivity contribution is -0.115. The second kappa shape index (κ2) is 6.45. The number of rotatable bonds is 2. The standard InChI is InChI=1S/C16H10Cl4N2O2/c1-8-2-5-11-13(6-8)24-14(21-11)9-3-4-10(17)12(7-9)22-15(23)16(18,19)20/h2-7H,1H3,(H,22,23). The average Bonchev–Trinajstić information content (AvgIpc) is 2.91. The van der Waals surface area contributed by atoms with E-state index in [2.05, 4.69) is 10.3 Å². The summed E-state index contributed by atoms with van der Waals surface area (Å²) in [6, 6.07) is 10.7. The summed E-state index contributed by atoms with van der Waals surface area (Å²) in [5, 5.41) is 2.77. The number of fused-ring (bicyclic) bond motifs is 1. The van der Waals surface area contributed by atoms with Crippen LogP contribution in [0.25, 0.3) is 22.6 Å². The SMILES string of the molecule is Cc1ccc2nc(-c3ccc(Cl)c(NC(=O)C(Cl)(Cl)Cl)c3)oc2c1. The van der Waals surface area contributed by atoms with Crippen LogP contribution < -0.4 is 5.32 Å². The Bertz CT molecular complexity index is 931. The fourth-order valence-corrected chi connectivity index (χ4v) is 2.41. The number of carbonyl (C=O) groups excluding carboxylic acids is 1. The number of carbonyl (C=O) groups is 1. The van der Waals surface area contributed by atoms with Crippen LogP contribution in [0.3, 0.4) is 0 Å². The van der Waals surface area contributed by atoms with E-state index in [-0.39, 0.29) is 0 Å². The molecule has 1 aromatic heterocycles. The molecular formula is C16H10Cl4N2O2. The van der Waals surface area contributed by atoms with Gasteiger partial charge in [-0.3, -0.25) is 4.79 Å². The molecule has 0 spiro atoms. The fourth-order valence-electron chi connectivity index (χ4n) is 2.10. The molecule has 0 atom stereocenters. The molecule has 1 N–H and O–H groups in total. The topological polar surface area (TPSA) is 55.1 Å². The molecule has 2 aromatic carbocycles. The van der Waals surface area contributed by atoms with Crippen molar-refractivity contribution in [3.8, 4) is 11.5 Å². The van der Waals surface area contributed by atoms with Crippen LogP contribution in [0.2, 0.25) is 5.02 Å². The van der Waals surface area contributed by atoms with Gasteiger partial charge >= 0.3 is 0 Å². The molecule has 0 aliphatic carbocycles. The van der Waals surface area contributed by atoms with Crippen molar-refractivity contribution >= 4 is 69.1 Å². The molecule has 124 valence electrons. The molecule has 3 aromatic rings. The first-order chi connectivity index (χ1) is 11.2. The number of halogens is 4. The highest BCUT2D eigenvalue weighted by atomic mass is 35.6. The molecule has 0 unspecified atom stereocenters. The summed E-state index contributed by atoms with van der Waals surface area (Å²) in [7, 11) is 0. The Labute approximate surface area is 157 Å². The number of benzene rings is 2. The number of oxazole rings is 1. The van der Waals surface area contributed by atoms with Gasteiger partial charge in [-0.05, 0) is 42.8 Å². The maximum atomic E-state index is 11.8. The van der Waals surface area contributed by atoms with Crippen LogP contribution in [0, 0.1) is 6.92 Å². The number of aryl methyl sites for hydroxylation is 1. The van der Waals surface area contributed by atoms with Gasteiger partial charge in [0.25, 0.3) is 9.70 Å². The molecule has 0 aliphatic rings. The first-order valence-electron chi connectivity index (χ1n) is 6.79. The van der Waals surface area contributed by atoms with Gasteiger partial charge in [0.15, 0.2) is 5.58 Å². The Morgan fingerprint density at radius 1 is 1.17 bits per heavy atom. The molecule has 1 amide bonds. The first kappa shape index (κ1) is 17.4. The number of alkyl halides is 3. The Hall–Kier alpha value is -1.46. The minimum absolute atomic E-state index is 0.295. The van der Waals surface area contributed by atoms with Crippen molar-refractivity contribution in [3.63, 3.8) is 0 Å². The summed E-state index contributed by atoms with van der Waals surface area (Å²) in [4.78, 5) is 16.2. The van der Waals surface area contributed by atoms with Gasteiger partial charge in [-0.15, -0.1) is 0 Å². The van der Waals surface area contributed by atoms with Crippen LogP contribution in [0.4, 0.5) is 5.69 Å². The van der Waals surface area contributed by atoms with Gasteiger partial charge in [-0.25, -0.2) is 4.98 Å². The van der Waals surface area contributed by atoms with E-state index in [1.54, 1.807) is 18.2 Å². The Kier molecular flexibility index (Phi) is 4.67. The Balaban J connectivity index is 1.99. The predicted octanol–water partition coefficient (Wildman–Crippen LogP) is 5.77. The number of aromatic nitrogens is 1. The number of anilines is 1. The van der Waals surface area contributed by atoms with E-state index in [1.165, 1.54) is 0 Å². The van der Waals surface area contributed by atoms with Crippen molar-refractivity contribution in [2.45, 2.75) is 10.7 Å². The zero-order valence-electron chi connectivity index (χ0n) is 12.2. The summed E-state index contributed by atoms with van der Waals surface area (Å²) in [5.41, 5.74) is 3.40. The third-order valence-electron chi connectivity index (χ3n) is 3.26. The van der Waals surface area contributed by atoms with Gasteiger partial charge < -0.3 is 9.73 Å². The third kappa shape index (κ3) is 3.62. The second-order valence-corrected chi connectivity index (χ2v) is 7.83. The maximum absolute atomic E-state index is 11.8. The zero-order valence-corrected chi connectivity index (χ0v) is 15.3. The largest absolute Gasteiger partial charge is 0.436 e. The van der Waals surface area contributed by atoms with E-state index in [9.17, 15) is 4.79 Å². The van der Waals surface area contributed by atoms with Crippen molar-refractivity contribution in [1.29, 1.82) is 0 Å². The Morgan fingerprint density at radius 3 is 2.62 bits per heavy atom. The highest BCUT2D eigenvalue weighted by Gasteiger charge is 2.31. The van der Waals surface area contributed by atoms with Gasteiger partial charge in [-0.2, -0.15) is 0 Å². The van der Waals surface area contributed by atoms with Crippen LogP contribution in [0.1, 0.15) is 5.56 Å². The third-order valence-corrected chi connectivity index (χ3v) is 4.11. The lowest BCUT2D eigenvalue weighted by Gasteiger charge is -2.13. The van der Waals surface area contributed by atoms with Crippen molar-refractivity contribution in [3.05, 3.63) is 47.0 Å². The normalized spacial score (nSPS) is 11.7. The second-order valence-electron chi connectivity index (χ2n) is 5.14. The van der Waals surface area contributed by atoms with Crippen LogP contribution in [-0.2, 0) is 4.79 Å². The van der Waals surface area contributed by atoms with Crippen LogP contribution in [0.5, 0.6) is 0 Å². The highest BCUT2D eigenvalue weighted by molar-refractivity contribution is 6.76. The van der Waals surface area contributed by atoms with Gasteiger partial charge in [0, 0.05) is 5.56 Å². The number of hydrogen-bond donors (Lipinski definition) is 1. The molecule has 0 saturated carbocycles. The first-order valence-corrected chi connectivity index (χ1v) is 8.30. The molecule has 1 heterocycles. The van der Waals surface area contributed by atoms with E-state index < -0.39 is 9.70 Å². The molecule has 8 heteroatoms. The summed E-state index contributed by atoms with van der Waals surface area (Å²) in [5.74, 6) is -0.406. The Morgan fingerprint density at radius 2 is 1.92 bits per heavy atom. The van der Waals surface area contributed by atoms with Crippen LogP contribution in [-0.4, -0.2) is 14.7 Å². The molecule has 0 bridgehead atoms. The summed E-state index contributed by atoms with van der Waals surface area (Å²) in [6.45, 7) is 1.97. The molecular weight excluding hydrogens is 394 g/mol. The average molecular weight is 404 g/mol. The smallest absolute Gasteiger partial charge is 0.276 e. The summed E-state index contributed by atoms with van der Waals surface area (Å²) >= 11 is 22.7. The zero-order chi connectivity index (χ0) is 17.5. The molecule has 24 heavy (non-hydrogen) atoms. The monoisotopic (exact) mass is 402 g/mol. The highest BCUT2D eigenvalue weighted by Crippen LogP contribution is 2.33. The van der Waals surface area contributed by atoms with Crippen LogP contribution in [0.15, 0.2) is 40.8 Å². The van der Waals surface area contributed by atoms with Crippen LogP contribution >= 0.6 is 46.4 Å². The molecule has 0 saturated heterocycles. The minimum atomic E-state index is -2.09. The molecule has 4 nitrogen and oxygen atoms in total. The van der Waals surface area contributed by atoms with Crippen molar-refractivity contribution in [1.82, 2.24) is 4.98 Å². The fraction of sp³-hybridized carbons (Fsp3) is 0.125. The minimum Gasteiger partial charge on any atom is -0.436 e. The van der Waals surface area contributed by atoms with E-state index in [1.807, 2.05) is 25.1 Å². The van der Waals surface area contributed by atoms with Gasteiger partial charge in [-0.1, -0.05) is 52.5 Å². The lowest BCUT2D eigenvalue weighted by Crippen LogP contribution is -2.27. The van der Waals surface area contributed by atoms with Gasteiger partial charge in [0.1, 0.15) is 5.52 Å². The summed E-state index contributed by atoms with van der Waals surface area (Å²) < 4.78 is 3.67. The van der Waals surface area contributed by atoms with Gasteiger partial charge in [0.05, 0.1) is 10.7 Å². The molecule has 0 aliphatic heterocycles. The van der Waals surface area contributed by atoms with E-state index in [4.69, 9.17) is 50.8 Å². The van der Waals surface area contributed by atoms with Gasteiger partial charge in [0.2, 0.25) is 5.89 Å². The number of hydrogen-bond acceptors (Lipinski definition) is 3. The summed E-state index contributed by atoms with van der Waals surface area (Å²) in [6.07, 6.45) is 0.